The Kier molecular flexibility index (Phi) is 4.91. The second-order valence-corrected chi connectivity index (χ2v) is 3.74. The van der Waals surface area contributed by atoms with Crippen molar-refractivity contribution in [3.05, 3.63) is 35.9 Å². The number of hydrogen-bond acceptors (Lipinski definition) is 2. The molecule has 0 unspecified atom stereocenters. The molecule has 82 valence electrons. The molecule has 0 heterocycles. The van der Waals surface area contributed by atoms with Crippen LogP contribution in [0.4, 0.5) is 0 Å². The molecule has 0 amide bonds. The first-order valence-electron chi connectivity index (χ1n) is 5.26. The predicted octanol–water partition coefficient (Wildman–Crippen LogP) is 2.71. The molecule has 0 spiro atoms. The molecule has 1 N–H and O–H groups in total. The normalized spacial score (nSPS) is 11.2. The molecule has 2 nitrogen and oxygen atoms in total. The van der Waals surface area contributed by atoms with Gasteiger partial charge < -0.3 is 10.1 Å². The number of benzene rings is 1. The number of nitrogens with one attached hydrogen (secondary N) is 1. The Morgan fingerprint density at radius 2 is 1.93 bits per heavy atom. The van der Waals surface area contributed by atoms with Gasteiger partial charge in [-0.2, -0.15) is 0 Å². The highest BCUT2D eigenvalue weighted by Gasteiger charge is 1.90. The fraction of sp³-hybridized carbons (Fsp3) is 0.385. The van der Waals surface area contributed by atoms with Crippen molar-refractivity contribution in [2.75, 3.05) is 13.7 Å². The maximum Gasteiger partial charge on any atom is 0.118 e. The average Bonchev–Trinajstić information content (AvgIpc) is 2.25. The third kappa shape index (κ3) is 4.66. The zero-order chi connectivity index (χ0) is 11.1. The van der Waals surface area contributed by atoms with E-state index < -0.39 is 0 Å². The van der Waals surface area contributed by atoms with E-state index in [-0.39, 0.29) is 0 Å². The van der Waals surface area contributed by atoms with Gasteiger partial charge in [-0.3, -0.25) is 0 Å². The zero-order valence-electron chi connectivity index (χ0n) is 9.66. The largest absolute Gasteiger partial charge is 0.497 e. The van der Waals surface area contributed by atoms with Crippen LogP contribution in [0.1, 0.15) is 19.4 Å². The molecule has 0 aliphatic rings. The highest BCUT2D eigenvalue weighted by Crippen LogP contribution is 2.11. The molecule has 0 aromatic heterocycles. The first-order chi connectivity index (χ1) is 7.22. The van der Waals surface area contributed by atoms with Crippen LogP contribution in [0.15, 0.2) is 30.3 Å². The fourth-order valence-corrected chi connectivity index (χ4v) is 1.21. The van der Waals surface area contributed by atoms with E-state index in [0.29, 0.717) is 6.04 Å². The molecule has 0 fully saturated rings. The van der Waals surface area contributed by atoms with Crippen LogP contribution in [0.3, 0.4) is 0 Å². The third-order valence-electron chi connectivity index (χ3n) is 2.07. The van der Waals surface area contributed by atoms with E-state index in [9.17, 15) is 0 Å². The summed E-state index contributed by atoms with van der Waals surface area (Å²) in [7, 11) is 1.68. The summed E-state index contributed by atoms with van der Waals surface area (Å²) in [5.41, 5.74) is 1.20. The summed E-state index contributed by atoms with van der Waals surface area (Å²) in [5, 5.41) is 3.33. The monoisotopic (exact) mass is 205 g/mol. The lowest BCUT2D eigenvalue weighted by Crippen LogP contribution is -2.22. The van der Waals surface area contributed by atoms with Gasteiger partial charge in [-0.1, -0.05) is 38.1 Å². The van der Waals surface area contributed by atoms with Crippen molar-refractivity contribution in [2.24, 2.45) is 0 Å². The summed E-state index contributed by atoms with van der Waals surface area (Å²) in [6.45, 7) is 5.19. The van der Waals surface area contributed by atoms with Crippen LogP contribution in [0.2, 0.25) is 0 Å². The fourth-order valence-electron chi connectivity index (χ4n) is 1.21. The summed E-state index contributed by atoms with van der Waals surface area (Å²) in [5.74, 6) is 0.896. The van der Waals surface area contributed by atoms with E-state index in [1.165, 1.54) is 5.56 Å². The van der Waals surface area contributed by atoms with Crippen LogP contribution in [0.25, 0.3) is 6.08 Å². The van der Waals surface area contributed by atoms with Gasteiger partial charge in [0.25, 0.3) is 0 Å². The number of rotatable bonds is 5. The number of ether oxygens (including phenoxy) is 1. The Labute approximate surface area is 92.0 Å². The molecular weight excluding hydrogens is 186 g/mol. The van der Waals surface area contributed by atoms with E-state index in [4.69, 9.17) is 4.74 Å². The first-order valence-corrected chi connectivity index (χ1v) is 5.26. The molecule has 0 bridgehead atoms. The van der Waals surface area contributed by atoms with Crippen molar-refractivity contribution in [2.45, 2.75) is 19.9 Å². The minimum Gasteiger partial charge on any atom is -0.497 e. The molecule has 1 aromatic rings. The minimum absolute atomic E-state index is 0.533. The standard InChI is InChI=1S/C13H19NO/c1-11(2)14-10-4-5-12-6-8-13(15-3)9-7-12/h4-9,11,14H,10H2,1-3H3. The zero-order valence-corrected chi connectivity index (χ0v) is 9.66. The lowest BCUT2D eigenvalue weighted by molar-refractivity contribution is 0.415. The minimum atomic E-state index is 0.533. The molecule has 0 atom stereocenters. The van der Waals surface area contributed by atoms with Gasteiger partial charge in [0.05, 0.1) is 7.11 Å². The lowest BCUT2D eigenvalue weighted by atomic mass is 10.2. The summed E-state index contributed by atoms with van der Waals surface area (Å²) in [6.07, 6.45) is 4.23. The maximum absolute atomic E-state index is 5.09. The predicted molar refractivity (Wildman–Crippen MR) is 65.2 cm³/mol. The van der Waals surface area contributed by atoms with Gasteiger partial charge in [-0.15, -0.1) is 0 Å². The Bertz CT molecular complexity index is 301. The molecule has 1 rings (SSSR count). The van der Waals surface area contributed by atoms with E-state index >= 15 is 0 Å². The second-order valence-electron chi connectivity index (χ2n) is 3.74. The molecular formula is C13H19NO. The first kappa shape index (κ1) is 11.8. The molecule has 0 radical (unpaired) electrons. The van der Waals surface area contributed by atoms with E-state index in [1.807, 2.05) is 24.3 Å². The van der Waals surface area contributed by atoms with Gasteiger partial charge in [0, 0.05) is 12.6 Å². The summed E-state index contributed by atoms with van der Waals surface area (Å²) < 4.78 is 5.09. The topological polar surface area (TPSA) is 21.3 Å². The lowest BCUT2D eigenvalue weighted by Gasteiger charge is -2.03. The van der Waals surface area contributed by atoms with Crippen LogP contribution < -0.4 is 10.1 Å². The third-order valence-corrected chi connectivity index (χ3v) is 2.07. The highest BCUT2D eigenvalue weighted by molar-refractivity contribution is 5.50. The van der Waals surface area contributed by atoms with Crippen molar-refractivity contribution in [1.29, 1.82) is 0 Å². The van der Waals surface area contributed by atoms with Gasteiger partial charge in [-0.05, 0) is 17.7 Å². The van der Waals surface area contributed by atoms with E-state index in [1.54, 1.807) is 7.11 Å². The van der Waals surface area contributed by atoms with Crippen LogP contribution in [0.5, 0.6) is 5.75 Å². The SMILES string of the molecule is COc1ccc(C=CCNC(C)C)cc1. The van der Waals surface area contributed by atoms with Crippen molar-refractivity contribution >= 4 is 6.08 Å². The van der Waals surface area contributed by atoms with Gasteiger partial charge in [-0.25, -0.2) is 0 Å². The molecule has 0 saturated heterocycles. The smallest absolute Gasteiger partial charge is 0.118 e. The van der Waals surface area contributed by atoms with Crippen LogP contribution in [-0.4, -0.2) is 19.7 Å². The second kappa shape index (κ2) is 6.25. The number of methoxy groups -OCH3 is 1. The van der Waals surface area contributed by atoms with Crippen LogP contribution in [0, 0.1) is 0 Å². The molecule has 2 heteroatoms. The Hall–Kier alpha value is -1.28. The van der Waals surface area contributed by atoms with E-state index in [2.05, 4.69) is 31.3 Å². The summed E-state index contributed by atoms with van der Waals surface area (Å²) in [6, 6.07) is 8.56. The van der Waals surface area contributed by atoms with Gasteiger partial charge in [0.15, 0.2) is 0 Å². The highest BCUT2D eigenvalue weighted by atomic mass is 16.5. The molecule has 0 aliphatic heterocycles. The van der Waals surface area contributed by atoms with Crippen LogP contribution in [-0.2, 0) is 0 Å². The van der Waals surface area contributed by atoms with Gasteiger partial charge in [0.2, 0.25) is 0 Å². The molecule has 0 saturated carbocycles. The number of hydrogen-bond donors (Lipinski definition) is 1. The Balaban J connectivity index is 2.43. The summed E-state index contributed by atoms with van der Waals surface area (Å²) in [4.78, 5) is 0. The van der Waals surface area contributed by atoms with Gasteiger partial charge in [0.1, 0.15) is 5.75 Å². The van der Waals surface area contributed by atoms with Crippen molar-refractivity contribution < 1.29 is 4.74 Å². The van der Waals surface area contributed by atoms with Crippen molar-refractivity contribution in [3.63, 3.8) is 0 Å². The Morgan fingerprint density at radius 3 is 2.47 bits per heavy atom. The van der Waals surface area contributed by atoms with Crippen molar-refractivity contribution in [1.82, 2.24) is 5.32 Å². The van der Waals surface area contributed by atoms with Crippen LogP contribution >= 0.6 is 0 Å². The molecule has 15 heavy (non-hydrogen) atoms. The molecule has 1 aromatic carbocycles. The Morgan fingerprint density at radius 1 is 1.27 bits per heavy atom. The molecule has 0 aliphatic carbocycles. The van der Waals surface area contributed by atoms with E-state index in [0.717, 1.165) is 12.3 Å². The summed E-state index contributed by atoms with van der Waals surface area (Å²) >= 11 is 0. The quantitative estimate of drug-likeness (QED) is 0.798. The average molecular weight is 205 g/mol. The van der Waals surface area contributed by atoms with Gasteiger partial charge >= 0.3 is 0 Å². The maximum atomic E-state index is 5.09. The van der Waals surface area contributed by atoms with Crippen molar-refractivity contribution in [3.8, 4) is 5.75 Å².